The number of amides is 1. The minimum Gasteiger partial charge on any atom is -0.507 e. The zero-order valence-corrected chi connectivity index (χ0v) is 11.7. The lowest BCUT2D eigenvalue weighted by molar-refractivity contribution is 0.0987. The van der Waals surface area contributed by atoms with Crippen molar-refractivity contribution in [1.82, 2.24) is 0 Å². The Bertz CT molecular complexity index is 713. The Kier molecular flexibility index (Phi) is 3.17. The van der Waals surface area contributed by atoms with Crippen molar-refractivity contribution < 1.29 is 14.6 Å². The minimum absolute atomic E-state index is 0.0951. The van der Waals surface area contributed by atoms with Gasteiger partial charge in [-0.2, -0.15) is 0 Å². The topological polar surface area (TPSA) is 75.8 Å². The molecule has 1 heterocycles. The molecule has 108 valence electrons. The molecule has 0 spiro atoms. The number of methoxy groups -OCH3 is 1. The van der Waals surface area contributed by atoms with Gasteiger partial charge >= 0.3 is 0 Å². The number of nitrogens with zero attached hydrogens (tertiary/aromatic N) is 1. The summed E-state index contributed by atoms with van der Waals surface area (Å²) in [4.78, 5) is 14.3. The predicted octanol–water partition coefficient (Wildman–Crippen LogP) is 2.19. The number of phenolic OH excluding ortho intramolecular Hbond substituents is 1. The number of phenols is 1. The van der Waals surface area contributed by atoms with Crippen LogP contribution in [0, 0.1) is 0 Å². The molecule has 0 radical (unpaired) electrons. The number of aromatic hydroxyl groups is 1. The van der Waals surface area contributed by atoms with Crippen LogP contribution in [0.1, 0.15) is 15.9 Å². The maximum Gasteiger partial charge on any atom is 0.262 e. The average molecular weight is 284 g/mol. The molecule has 0 bridgehead atoms. The first kappa shape index (κ1) is 13.3. The summed E-state index contributed by atoms with van der Waals surface area (Å²) in [6.45, 7) is 0.563. The van der Waals surface area contributed by atoms with E-state index in [2.05, 4.69) is 0 Å². The number of benzene rings is 2. The van der Waals surface area contributed by atoms with Gasteiger partial charge in [-0.15, -0.1) is 0 Å². The van der Waals surface area contributed by atoms with Crippen LogP contribution in [0.15, 0.2) is 36.4 Å². The normalized spacial score (nSPS) is 13.1. The number of hydrogen-bond donors (Lipinski definition) is 2. The number of carbonyl (C=O) groups excluding carboxylic acids is 1. The highest BCUT2D eigenvalue weighted by Gasteiger charge is 2.28. The minimum atomic E-state index is -0.258. The lowest BCUT2D eigenvalue weighted by atomic mass is 10.1. The number of ether oxygens (including phenoxy) is 1. The average Bonchev–Trinajstić information content (AvgIpc) is 2.92. The van der Waals surface area contributed by atoms with E-state index in [9.17, 15) is 9.90 Å². The van der Waals surface area contributed by atoms with Crippen LogP contribution in [0.4, 0.5) is 11.4 Å². The van der Waals surface area contributed by atoms with E-state index in [4.69, 9.17) is 10.5 Å². The second kappa shape index (κ2) is 5.01. The molecule has 0 saturated heterocycles. The highest BCUT2D eigenvalue weighted by Crippen LogP contribution is 2.36. The molecular formula is C16H16N2O3. The van der Waals surface area contributed by atoms with Crippen LogP contribution in [-0.2, 0) is 6.42 Å². The molecule has 2 aromatic carbocycles. The maximum atomic E-state index is 12.7. The van der Waals surface area contributed by atoms with Gasteiger partial charge < -0.3 is 20.5 Å². The van der Waals surface area contributed by atoms with E-state index in [0.717, 1.165) is 17.7 Å². The monoisotopic (exact) mass is 284 g/mol. The number of anilines is 2. The summed E-state index contributed by atoms with van der Waals surface area (Å²) >= 11 is 0. The molecule has 0 fully saturated rings. The highest BCUT2D eigenvalue weighted by atomic mass is 16.5. The summed E-state index contributed by atoms with van der Waals surface area (Å²) in [6.07, 6.45) is 0.767. The van der Waals surface area contributed by atoms with Gasteiger partial charge in [-0.05, 0) is 30.2 Å². The quantitative estimate of drug-likeness (QED) is 0.829. The van der Waals surface area contributed by atoms with Crippen LogP contribution < -0.4 is 15.4 Å². The lowest BCUT2D eigenvalue weighted by Gasteiger charge is -2.19. The van der Waals surface area contributed by atoms with Crippen molar-refractivity contribution in [2.75, 3.05) is 24.3 Å². The van der Waals surface area contributed by atoms with Gasteiger partial charge in [0.25, 0.3) is 5.91 Å². The van der Waals surface area contributed by atoms with Crippen molar-refractivity contribution in [3.05, 3.63) is 47.5 Å². The second-order valence-electron chi connectivity index (χ2n) is 4.94. The Hall–Kier alpha value is -2.69. The Balaban J connectivity index is 1.99. The molecule has 0 saturated carbocycles. The van der Waals surface area contributed by atoms with Gasteiger partial charge in [-0.3, -0.25) is 4.79 Å². The van der Waals surface area contributed by atoms with Crippen LogP contribution in [0.25, 0.3) is 0 Å². The summed E-state index contributed by atoms with van der Waals surface area (Å²) in [5, 5.41) is 10.0. The fraction of sp³-hybridized carbons (Fsp3) is 0.188. The SMILES string of the molecule is COc1ccc(C(=O)N2CCc3cccc(N)c32)c(O)c1. The maximum absolute atomic E-state index is 12.7. The lowest BCUT2D eigenvalue weighted by Crippen LogP contribution is -2.29. The van der Waals surface area contributed by atoms with Gasteiger partial charge in [0.05, 0.1) is 24.0 Å². The van der Waals surface area contributed by atoms with E-state index in [0.29, 0.717) is 18.0 Å². The summed E-state index contributed by atoms with van der Waals surface area (Å²) in [7, 11) is 1.51. The summed E-state index contributed by atoms with van der Waals surface area (Å²) in [6, 6.07) is 10.3. The smallest absolute Gasteiger partial charge is 0.262 e. The third-order valence-corrected chi connectivity index (χ3v) is 3.71. The van der Waals surface area contributed by atoms with Crippen molar-refractivity contribution in [3.63, 3.8) is 0 Å². The van der Waals surface area contributed by atoms with Gasteiger partial charge in [0.2, 0.25) is 0 Å². The van der Waals surface area contributed by atoms with E-state index in [1.54, 1.807) is 23.1 Å². The van der Waals surface area contributed by atoms with E-state index < -0.39 is 0 Å². The molecule has 0 unspecified atom stereocenters. The third kappa shape index (κ3) is 2.16. The van der Waals surface area contributed by atoms with Gasteiger partial charge in [-0.25, -0.2) is 0 Å². The molecule has 1 amide bonds. The molecular weight excluding hydrogens is 268 g/mol. The molecule has 1 aliphatic rings. The number of rotatable bonds is 2. The molecule has 5 heteroatoms. The number of fused-ring (bicyclic) bond motifs is 1. The van der Waals surface area contributed by atoms with E-state index in [-0.39, 0.29) is 17.2 Å². The molecule has 5 nitrogen and oxygen atoms in total. The fourth-order valence-electron chi connectivity index (χ4n) is 2.65. The van der Waals surface area contributed by atoms with E-state index >= 15 is 0 Å². The first-order chi connectivity index (χ1) is 10.1. The van der Waals surface area contributed by atoms with E-state index in [1.807, 2.05) is 12.1 Å². The Morgan fingerprint density at radius 3 is 2.86 bits per heavy atom. The zero-order chi connectivity index (χ0) is 15.0. The van der Waals surface area contributed by atoms with Crippen molar-refractivity contribution >= 4 is 17.3 Å². The van der Waals surface area contributed by atoms with Gasteiger partial charge in [-0.1, -0.05) is 12.1 Å². The molecule has 0 atom stereocenters. The molecule has 0 aromatic heterocycles. The highest BCUT2D eigenvalue weighted by molar-refractivity contribution is 6.10. The van der Waals surface area contributed by atoms with Gasteiger partial charge in [0, 0.05) is 12.6 Å². The Labute approximate surface area is 122 Å². The predicted molar refractivity (Wildman–Crippen MR) is 80.9 cm³/mol. The van der Waals surface area contributed by atoms with Crippen molar-refractivity contribution in [3.8, 4) is 11.5 Å². The van der Waals surface area contributed by atoms with Crippen LogP contribution >= 0.6 is 0 Å². The van der Waals surface area contributed by atoms with Crippen molar-refractivity contribution in [2.24, 2.45) is 0 Å². The van der Waals surface area contributed by atoms with Crippen molar-refractivity contribution in [1.29, 1.82) is 0 Å². The Morgan fingerprint density at radius 2 is 2.14 bits per heavy atom. The van der Waals surface area contributed by atoms with Gasteiger partial charge in [0.15, 0.2) is 0 Å². The third-order valence-electron chi connectivity index (χ3n) is 3.71. The first-order valence-electron chi connectivity index (χ1n) is 6.68. The number of carbonyl (C=O) groups is 1. The summed E-state index contributed by atoms with van der Waals surface area (Å²) < 4.78 is 5.03. The second-order valence-corrected chi connectivity index (χ2v) is 4.94. The van der Waals surface area contributed by atoms with Crippen LogP contribution in [-0.4, -0.2) is 24.7 Å². The first-order valence-corrected chi connectivity index (χ1v) is 6.68. The van der Waals surface area contributed by atoms with Crippen LogP contribution in [0.2, 0.25) is 0 Å². The molecule has 2 aromatic rings. The number of nitrogen functional groups attached to an aromatic ring is 1. The van der Waals surface area contributed by atoms with Crippen molar-refractivity contribution in [2.45, 2.75) is 6.42 Å². The van der Waals surface area contributed by atoms with Crippen LogP contribution in [0.5, 0.6) is 11.5 Å². The largest absolute Gasteiger partial charge is 0.507 e. The standard InChI is InChI=1S/C16H16N2O3/c1-21-11-5-6-12(14(19)9-11)16(20)18-8-7-10-3-2-4-13(17)15(10)18/h2-6,9,19H,7-8,17H2,1H3. The van der Waals surface area contributed by atoms with E-state index in [1.165, 1.54) is 13.2 Å². The molecule has 3 rings (SSSR count). The summed E-state index contributed by atoms with van der Waals surface area (Å²) in [5.74, 6) is 0.152. The summed E-state index contributed by atoms with van der Waals surface area (Å²) in [5.41, 5.74) is 8.60. The fourth-order valence-corrected chi connectivity index (χ4v) is 2.65. The molecule has 3 N–H and O–H groups in total. The zero-order valence-electron chi connectivity index (χ0n) is 11.7. The van der Waals surface area contributed by atoms with Gasteiger partial charge in [0.1, 0.15) is 11.5 Å². The molecule has 0 aliphatic carbocycles. The molecule has 21 heavy (non-hydrogen) atoms. The number of nitrogens with two attached hydrogens (primary N) is 1. The number of hydrogen-bond acceptors (Lipinski definition) is 4. The Morgan fingerprint density at radius 1 is 1.33 bits per heavy atom. The molecule has 1 aliphatic heterocycles. The number of para-hydroxylation sites is 1. The van der Waals surface area contributed by atoms with Crippen LogP contribution in [0.3, 0.4) is 0 Å².